The van der Waals surface area contributed by atoms with Crippen LogP contribution in [-0.2, 0) is 0 Å². The van der Waals surface area contributed by atoms with E-state index in [1.807, 2.05) is 6.20 Å². The van der Waals surface area contributed by atoms with Gasteiger partial charge in [0.15, 0.2) is 5.70 Å². The Morgan fingerprint density at radius 1 is 1.55 bits per heavy atom. The smallest absolute Gasteiger partial charge is 0.147 e. The van der Waals surface area contributed by atoms with Crippen LogP contribution >= 0.6 is 0 Å². The van der Waals surface area contributed by atoms with Crippen molar-refractivity contribution in [2.45, 2.75) is 33.7 Å². The van der Waals surface area contributed by atoms with E-state index >= 15 is 0 Å². The predicted molar refractivity (Wildman–Crippen MR) is 44.6 cm³/mol. The fourth-order valence-electron chi connectivity index (χ4n) is 1.56. The quantitative estimate of drug-likeness (QED) is 0.546. The zero-order valence-corrected chi connectivity index (χ0v) is 7.70. The lowest BCUT2D eigenvalue weighted by molar-refractivity contribution is -0.918. The molecule has 1 rings (SSSR count). The van der Waals surface area contributed by atoms with E-state index in [0.717, 1.165) is 6.54 Å². The summed E-state index contributed by atoms with van der Waals surface area (Å²) in [7, 11) is 0. The molecule has 0 amide bonds. The van der Waals surface area contributed by atoms with Crippen molar-refractivity contribution >= 4 is 0 Å². The monoisotopic (exact) mass is 154 g/mol. The number of nitrogens with zero attached hydrogens (tertiary/aromatic N) is 3. The molecule has 0 saturated heterocycles. The summed E-state index contributed by atoms with van der Waals surface area (Å²) in [6, 6.07) is 0.488. The van der Waals surface area contributed by atoms with E-state index in [4.69, 9.17) is 0 Å². The summed E-state index contributed by atoms with van der Waals surface area (Å²) >= 11 is 0. The van der Waals surface area contributed by atoms with Gasteiger partial charge in [0.2, 0.25) is 0 Å². The molecular formula is C8H16N3+. The second kappa shape index (κ2) is 2.74. The molecule has 11 heavy (non-hydrogen) atoms. The second-order valence-electron chi connectivity index (χ2n) is 3.21. The van der Waals surface area contributed by atoms with E-state index < -0.39 is 0 Å². The second-order valence-corrected chi connectivity index (χ2v) is 3.21. The normalized spacial score (nSPS) is 29.7. The van der Waals surface area contributed by atoms with Gasteiger partial charge in [0.25, 0.3) is 0 Å². The van der Waals surface area contributed by atoms with Gasteiger partial charge in [0, 0.05) is 12.1 Å². The van der Waals surface area contributed by atoms with Crippen LogP contribution in [0.25, 0.3) is 0 Å². The fraction of sp³-hybridized carbons (Fsp3) is 0.750. The van der Waals surface area contributed by atoms with Gasteiger partial charge >= 0.3 is 0 Å². The van der Waals surface area contributed by atoms with Crippen LogP contribution < -0.4 is 0 Å². The van der Waals surface area contributed by atoms with Gasteiger partial charge in [-0.1, -0.05) is 0 Å². The molecule has 0 spiro atoms. The van der Waals surface area contributed by atoms with Crippen molar-refractivity contribution in [3.63, 3.8) is 0 Å². The molecular weight excluding hydrogens is 138 g/mol. The molecule has 0 aliphatic carbocycles. The van der Waals surface area contributed by atoms with Gasteiger partial charge in [0.1, 0.15) is 18.8 Å². The molecule has 0 fully saturated rings. The predicted octanol–water partition coefficient (Wildman–Crippen LogP) is 2.47. The number of rotatable bonds is 2. The van der Waals surface area contributed by atoms with Gasteiger partial charge < -0.3 is 0 Å². The van der Waals surface area contributed by atoms with Crippen LogP contribution in [0.15, 0.2) is 22.2 Å². The lowest BCUT2D eigenvalue weighted by Crippen LogP contribution is -2.44. The van der Waals surface area contributed by atoms with Crippen molar-refractivity contribution in [2.24, 2.45) is 10.3 Å². The maximum absolute atomic E-state index is 4.24. The highest BCUT2D eigenvalue weighted by atomic mass is 15.7. The summed E-state index contributed by atoms with van der Waals surface area (Å²) in [6.07, 6.45) is 1.85. The SMILES string of the molecule is CC[N+]1(C(C)C)N=NC=C1C. The standard InChI is InChI=1S/C8H16N3/c1-5-11(7(2)3)8(4)6-9-10-11/h6-7H,5H2,1-4H3/q+1. The van der Waals surface area contributed by atoms with Crippen molar-refractivity contribution in [2.75, 3.05) is 6.54 Å². The zero-order valence-electron chi connectivity index (χ0n) is 7.70. The minimum atomic E-state index is 0.488. The first kappa shape index (κ1) is 8.40. The van der Waals surface area contributed by atoms with Crippen LogP contribution in [0.2, 0.25) is 0 Å². The van der Waals surface area contributed by atoms with Gasteiger partial charge in [-0.15, -0.1) is 9.71 Å². The third-order valence-corrected chi connectivity index (χ3v) is 2.40. The summed E-state index contributed by atoms with van der Waals surface area (Å²) in [5, 5.41) is 8.18. The molecule has 0 bridgehead atoms. The van der Waals surface area contributed by atoms with E-state index in [-0.39, 0.29) is 0 Å². The molecule has 0 aromatic carbocycles. The van der Waals surface area contributed by atoms with E-state index in [0.29, 0.717) is 10.6 Å². The van der Waals surface area contributed by atoms with Crippen LogP contribution in [-0.4, -0.2) is 17.2 Å². The first-order valence-electron chi connectivity index (χ1n) is 4.11. The topological polar surface area (TPSA) is 24.7 Å². The summed E-state index contributed by atoms with van der Waals surface area (Å²) < 4.78 is 0.681. The van der Waals surface area contributed by atoms with Crippen molar-refractivity contribution < 1.29 is 4.59 Å². The highest BCUT2D eigenvalue weighted by molar-refractivity contribution is 4.89. The number of allylic oxidation sites excluding steroid dienone is 1. The van der Waals surface area contributed by atoms with Crippen molar-refractivity contribution in [3.8, 4) is 0 Å². The molecule has 1 aliphatic heterocycles. The largest absolute Gasteiger partial charge is 0.154 e. The molecule has 1 atom stereocenters. The van der Waals surface area contributed by atoms with Crippen LogP contribution in [0.3, 0.4) is 0 Å². The fourth-order valence-corrected chi connectivity index (χ4v) is 1.56. The Labute approximate surface area is 68.0 Å². The summed E-state index contributed by atoms with van der Waals surface area (Å²) in [5.74, 6) is 0. The Morgan fingerprint density at radius 2 is 2.18 bits per heavy atom. The molecule has 1 aliphatic rings. The van der Waals surface area contributed by atoms with Crippen LogP contribution in [0.4, 0.5) is 0 Å². The molecule has 3 nitrogen and oxygen atoms in total. The minimum absolute atomic E-state index is 0.488. The van der Waals surface area contributed by atoms with Crippen LogP contribution in [0.1, 0.15) is 27.7 Å². The average Bonchev–Trinajstić information content (AvgIpc) is 2.32. The third-order valence-electron chi connectivity index (χ3n) is 2.40. The summed E-state index contributed by atoms with van der Waals surface area (Å²) in [5.41, 5.74) is 1.24. The molecule has 0 saturated carbocycles. The highest BCUT2D eigenvalue weighted by Crippen LogP contribution is 2.27. The maximum atomic E-state index is 4.24. The third kappa shape index (κ3) is 1.09. The lowest BCUT2D eigenvalue weighted by Gasteiger charge is -2.30. The Balaban J connectivity index is 2.94. The summed E-state index contributed by atoms with van der Waals surface area (Å²) in [6.45, 7) is 9.56. The lowest BCUT2D eigenvalue weighted by atomic mass is 10.2. The van der Waals surface area contributed by atoms with E-state index in [1.165, 1.54) is 5.70 Å². The number of hydrogen-bond acceptors (Lipinski definition) is 2. The van der Waals surface area contributed by atoms with Gasteiger partial charge in [-0.3, -0.25) is 0 Å². The van der Waals surface area contributed by atoms with Crippen molar-refractivity contribution in [3.05, 3.63) is 11.9 Å². The molecule has 0 aromatic rings. The van der Waals surface area contributed by atoms with E-state index in [9.17, 15) is 0 Å². The first-order valence-corrected chi connectivity index (χ1v) is 4.11. The molecule has 0 radical (unpaired) electrons. The molecule has 0 aromatic heterocycles. The van der Waals surface area contributed by atoms with Crippen molar-refractivity contribution in [1.29, 1.82) is 0 Å². The Kier molecular flexibility index (Phi) is 2.09. The zero-order chi connectivity index (χ0) is 8.48. The first-order chi connectivity index (χ1) is 5.13. The maximum Gasteiger partial charge on any atom is 0.154 e. The average molecular weight is 154 g/mol. The highest BCUT2D eigenvalue weighted by Gasteiger charge is 2.36. The Hall–Kier alpha value is -0.700. The Bertz CT molecular complexity index is 205. The molecule has 0 N–H and O–H groups in total. The molecule has 1 unspecified atom stereocenters. The summed E-state index contributed by atoms with van der Waals surface area (Å²) in [4.78, 5) is 0. The van der Waals surface area contributed by atoms with Gasteiger partial charge in [-0.05, 0) is 20.8 Å². The molecule has 1 heterocycles. The Morgan fingerprint density at radius 3 is 2.36 bits per heavy atom. The number of hydrogen-bond donors (Lipinski definition) is 0. The van der Waals surface area contributed by atoms with E-state index in [1.54, 1.807) is 0 Å². The van der Waals surface area contributed by atoms with Crippen LogP contribution in [0, 0.1) is 0 Å². The van der Waals surface area contributed by atoms with Crippen LogP contribution in [0.5, 0.6) is 0 Å². The van der Waals surface area contributed by atoms with Gasteiger partial charge in [0.05, 0.1) is 0 Å². The minimum Gasteiger partial charge on any atom is -0.147 e. The van der Waals surface area contributed by atoms with E-state index in [2.05, 4.69) is 38.0 Å². The van der Waals surface area contributed by atoms with Gasteiger partial charge in [-0.25, -0.2) is 0 Å². The van der Waals surface area contributed by atoms with Crippen molar-refractivity contribution in [1.82, 2.24) is 0 Å². The molecule has 62 valence electrons. The van der Waals surface area contributed by atoms with Gasteiger partial charge in [-0.2, -0.15) is 0 Å². The number of quaternary nitrogens is 1. The molecule has 3 heteroatoms.